The molecule has 0 aliphatic heterocycles. The van der Waals surface area contributed by atoms with E-state index in [1.54, 1.807) is 13.3 Å². The normalized spacial score (nSPS) is 29.8. The summed E-state index contributed by atoms with van der Waals surface area (Å²) in [4.78, 5) is 32.9. The summed E-state index contributed by atoms with van der Waals surface area (Å²) < 4.78 is 11.7. The number of esters is 1. The van der Waals surface area contributed by atoms with E-state index in [1.165, 1.54) is 22.5 Å². The molecule has 1 aromatic carbocycles. The predicted molar refractivity (Wildman–Crippen MR) is 150 cm³/mol. The lowest BCUT2D eigenvalue weighted by Crippen LogP contribution is -2.46. The lowest BCUT2D eigenvalue weighted by Gasteiger charge is -2.51. The maximum Gasteiger partial charge on any atom is 0.320 e. The van der Waals surface area contributed by atoms with Crippen molar-refractivity contribution in [1.29, 1.82) is 0 Å². The summed E-state index contributed by atoms with van der Waals surface area (Å²) in [6, 6.07) is 6.58. The Morgan fingerprint density at radius 3 is 2.79 bits per heavy atom. The molecule has 1 N–H and O–H groups in total. The zero-order chi connectivity index (χ0) is 27.0. The Kier molecular flexibility index (Phi) is 7.83. The molecule has 8 heteroatoms. The maximum absolute atomic E-state index is 12.9. The van der Waals surface area contributed by atoms with Gasteiger partial charge in [0.2, 0.25) is 5.91 Å². The topological polar surface area (TPSA) is 80.8 Å². The molecule has 2 aromatic rings. The molecule has 3 aliphatic carbocycles. The average Bonchev–Trinajstić information content (AvgIpc) is 3.41. The number of carbonyl (C=O) groups is 2. The molecular weight excluding hydrogens is 498 g/mol. The molecule has 1 amide bonds. The number of nitrogens with one attached hydrogen (secondary N) is 1. The van der Waals surface area contributed by atoms with Crippen LogP contribution in [0.3, 0.4) is 0 Å². The Bertz CT molecular complexity index is 1180. The fourth-order valence-corrected chi connectivity index (χ4v) is 8.44. The molecule has 0 radical (unpaired) electrons. The Balaban J connectivity index is 1.37. The van der Waals surface area contributed by atoms with Crippen LogP contribution in [-0.2, 0) is 20.7 Å². The Labute approximate surface area is 230 Å². The summed E-state index contributed by atoms with van der Waals surface area (Å²) in [7, 11) is 5.52. The third-order valence-electron chi connectivity index (χ3n) is 9.32. The van der Waals surface area contributed by atoms with Gasteiger partial charge in [-0.05, 0) is 106 Å². The number of nitrogens with zero attached hydrogens (tertiary/aromatic N) is 2. The van der Waals surface area contributed by atoms with Crippen LogP contribution in [-0.4, -0.2) is 55.6 Å². The number of thiazole rings is 1. The van der Waals surface area contributed by atoms with Gasteiger partial charge in [-0.25, -0.2) is 4.98 Å². The SMILES string of the molecule is COc1ccc2c(c1)CCC1C2CC[C@@]2(C)C1[C@H](CCC(=O)Nc1ncc(C)s1)C[C@@H]2OC(=O)CN(C)C. The molecule has 0 bridgehead atoms. The number of anilines is 1. The molecule has 6 atom stereocenters. The number of likely N-dealkylation sites (N-methyl/N-ethyl adjacent to an activating group) is 1. The molecule has 3 unspecified atom stereocenters. The van der Waals surface area contributed by atoms with E-state index < -0.39 is 0 Å². The first-order valence-electron chi connectivity index (χ1n) is 13.9. The van der Waals surface area contributed by atoms with E-state index in [0.29, 0.717) is 41.8 Å². The number of ether oxygens (including phenoxy) is 2. The molecule has 5 rings (SSSR count). The number of carbonyl (C=O) groups excluding carboxylic acids is 2. The van der Waals surface area contributed by atoms with Crippen molar-refractivity contribution in [3.8, 4) is 5.75 Å². The van der Waals surface area contributed by atoms with Gasteiger partial charge in [0.1, 0.15) is 11.9 Å². The van der Waals surface area contributed by atoms with Gasteiger partial charge >= 0.3 is 5.97 Å². The Hall–Kier alpha value is -2.45. The zero-order valence-corrected chi connectivity index (χ0v) is 24.1. The summed E-state index contributed by atoms with van der Waals surface area (Å²) in [6.45, 7) is 4.63. The van der Waals surface area contributed by atoms with Crippen molar-refractivity contribution in [3.63, 3.8) is 0 Å². The highest BCUT2D eigenvalue weighted by Gasteiger charge is 2.60. The van der Waals surface area contributed by atoms with E-state index in [2.05, 4.69) is 35.4 Å². The van der Waals surface area contributed by atoms with Crippen molar-refractivity contribution >= 4 is 28.3 Å². The quantitative estimate of drug-likeness (QED) is 0.451. The third kappa shape index (κ3) is 5.34. The molecule has 2 fully saturated rings. The van der Waals surface area contributed by atoms with Crippen molar-refractivity contribution < 1.29 is 19.1 Å². The van der Waals surface area contributed by atoms with Crippen LogP contribution in [0.5, 0.6) is 5.75 Å². The summed E-state index contributed by atoms with van der Waals surface area (Å²) in [5.41, 5.74) is 2.81. The van der Waals surface area contributed by atoms with Gasteiger partial charge in [0.25, 0.3) is 0 Å². The molecular formula is C30H41N3O4S. The molecule has 0 spiro atoms. The molecule has 38 heavy (non-hydrogen) atoms. The number of amides is 1. The predicted octanol–water partition coefficient (Wildman–Crippen LogP) is 5.43. The van der Waals surface area contributed by atoms with Crippen LogP contribution >= 0.6 is 11.3 Å². The zero-order valence-electron chi connectivity index (χ0n) is 23.3. The number of aromatic nitrogens is 1. The fraction of sp³-hybridized carbons (Fsp3) is 0.633. The van der Waals surface area contributed by atoms with Gasteiger partial charge in [-0.3, -0.25) is 14.5 Å². The summed E-state index contributed by atoms with van der Waals surface area (Å²) >= 11 is 1.50. The monoisotopic (exact) mass is 539 g/mol. The number of hydrogen-bond donors (Lipinski definition) is 1. The average molecular weight is 540 g/mol. The van der Waals surface area contributed by atoms with Crippen molar-refractivity contribution in [1.82, 2.24) is 9.88 Å². The van der Waals surface area contributed by atoms with E-state index in [9.17, 15) is 9.59 Å². The van der Waals surface area contributed by atoms with Gasteiger partial charge in [0.05, 0.1) is 13.7 Å². The van der Waals surface area contributed by atoms with E-state index in [4.69, 9.17) is 9.47 Å². The molecule has 7 nitrogen and oxygen atoms in total. The van der Waals surface area contributed by atoms with Crippen LogP contribution in [0, 0.1) is 30.1 Å². The van der Waals surface area contributed by atoms with E-state index in [-0.39, 0.29) is 23.4 Å². The first-order chi connectivity index (χ1) is 18.2. The first-order valence-corrected chi connectivity index (χ1v) is 14.7. The molecule has 1 aromatic heterocycles. The number of methoxy groups -OCH3 is 1. The largest absolute Gasteiger partial charge is 0.497 e. The van der Waals surface area contributed by atoms with Gasteiger partial charge in [0.15, 0.2) is 5.13 Å². The minimum absolute atomic E-state index is 0.0162. The van der Waals surface area contributed by atoms with Gasteiger partial charge in [0, 0.05) is 22.9 Å². The molecule has 1 heterocycles. The highest BCUT2D eigenvalue weighted by atomic mass is 32.1. The smallest absolute Gasteiger partial charge is 0.320 e. The number of benzene rings is 1. The van der Waals surface area contributed by atoms with Crippen LogP contribution in [0.4, 0.5) is 5.13 Å². The second kappa shape index (κ2) is 11.0. The van der Waals surface area contributed by atoms with Crippen LogP contribution in [0.2, 0.25) is 0 Å². The van der Waals surface area contributed by atoms with Gasteiger partial charge in [-0.2, -0.15) is 0 Å². The summed E-state index contributed by atoms with van der Waals surface area (Å²) in [5.74, 6) is 2.59. The molecule has 0 saturated heterocycles. The van der Waals surface area contributed by atoms with Crippen molar-refractivity contribution in [2.24, 2.45) is 23.2 Å². The standard InChI is InChI=1S/C30H41N3O4S/c1-18-16-31-29(38-18)32-26(34)11-7-20-15-25(37-27(35)17-33(3)4)30(2)13-12-23-22-10-8-21(36-5)14-19(22)6-9-24(23)28(20)30/h8,10,14,16,20,23-25,28H,6-7,9,11-13,15,17H2,1-5H3,(H,31,32,34)/t20-,23?,24?,25+,28?,30-/m1/s1. The van der Waals surface area contributed by atoms with E-state index in [0.717, 1.165) is 49.2 Å². The third-order valence-corrected chi connectivity index (χ3v) is 10.1. The number of fused-ring (bicyclic) bond motifs is 5. The van der Waals surface area contributed by atoms with Crippen LogP contribution in [0.25, 0.3) is 0 Å². The Morgan fingerprint density at radius 1 is 1.26 bits per heavy atom. The Morgan fingerprint density at radius 2 is 2.08 bits per heavy atom. The van der Waals surface area contributed by atoms with E-state index in [1.807, 2.05) is 25.9 Å². The van der Waals surface area contributed by atoms with Gasteiger partial charge in [-0.1, -0.05) is 13.0 Å². The van der Waals surface area contributed by atoms with Gasteiger partial charge in [-0.15, -0.1) is 11.3 Å². The first kappa shape index (κ1) is 27.1. The van der Waals surface area contributed by atoms with Crippen molar-refractivity contribution in [2.75, 3.05) is 33.1 Å². The summed E-state index contributed by atoms with van der Waals surface area (Å²) in [5, 5.41) is 3.64. The highest BCUT2D eigenvalue weighted by molar-refractivity contribution is 7.15. The maximum atomic E-state index is 12.9. The molecule has 3 aliphatic rings. The molecule has 206 valence electrons. The summed E-state index contributed by atoms with van der Waals surface area (Å²) in [6.07, 6.45) is 8.09. The second-order valence-corrected chi connectivity index (χ2v) is 13.3. The number of rotatable bonds is 8. The molecule has 2 saturated carbocycles. The van der Waals surface area contributed by atoms with Crippen LogP contribution < -0.4 is 10.1 Å². The van der Waals surface area contributed by atoms with E-state index >= 15 is 0 Å². The van der Waals surface area contributed by atoms with Crippen LogP contribution in [0.15, 0.2) is 24.4 Å². The fourth-order valence-electron chi connectivity index (χ4n) is 7.76. The minimum atomic E-state index is -0.152. The lowest BCUT2D eigenvalue weighted by molar-refractivity contribution is -0.158. The number of hydrogen-bond acceptors (Lipinski definition) is 7. The lowest BCUT2D eigenvalue weighted by atomic mass is 9.53. The minimum Gasteiger partial charge on any atom is -0.497 e. The van der Waals surface area contributed by atoms with Gasteiger partial charge < -0.3 is 14.8 Å². The number of aryl methyl sites for hydroxylation is 2. The van der Waals surface area contributed by atoms with Crippen molar-refractivity contribution in [2.45, 2.75) is 70.8 Å². The second-order valence-electron chi connectivity index (χ2n) is 12.0. The van der Waals surface area contributed by atoms with Crippen LogP contribution in [0.1, 0.15) is 67.4 Å². The van der Waals surface area contributed by atoms with Crippen molar-refractivity contribution in [3.05, 3.63) is 40.4 Å². The highest BCUT2D eigenvalue weighted by Crippen LogP contribution is 2.64.